The van der Waals surface area contributed by atoms with Crippen molar-refractivity contribution in [3.05, 3.63) is 53.1 Å². The Morgan fingerprint density at radius 3 is 2.35 bits per heavy atom. The number of hydrogen-bond acceptors (Lipinski definition) is 4. The lowest BCUT2D eigenvalue weighted by atomic mass is 9.78. The largest absolute Gasteiger partial charge is 0.508 e. The molecule has 0 bridgehead atoms. The van der Waals surface area contributed by atoms with E-state index in [4.69, 9.17) is 0 Å². The minimum absolute atomic E-state index is 0.0181. The molecule has 1 fully saturated rings. The summed E-state index contributed by atoms with van der Waals surface area (Å²) in [7, 11) is 0. The zero-order valence-corrected chi connectivity index (χ0v) is 12.6. The van der Waals surface area contributed by atoms with E-state index < -0.39 is 0 Å². The molecule has 0 spiro atoms. The summed E-state index contributed by atoms with van der Waals surface area (Å²) >= 11 is 0. The molecule has 0 atom stereocenters. The Hall–Kier alpha value is -2.69. The van der Waals surface area contributed by atoms with Gasteiger partial charge >= 0.3 is 0 Å². The van der Waals surface area contributed by atoms with Gasteiger partial charge in [0.1, 0.15) is 17.2 Å². The molecule has 0 unspecified atom stereocenters. The summed E-state index contributed by atoms with van der Waals surface area (Å²) in [4.78, 5) is 12.4. The fourth-order valence-electron chi connectivity index (χ4n) is 2.85. The van der Waals surface area contributed by atoms with Crippen molar-refractivity contribution in [2.75, 3.05) is 0 Å². The van der Waals surface area contributed by atoms with Crippen LogP contribution in [0.3, 0.4) is 0 Å². The minimum Gasteiger partial charge on any atom is -0.508 e. The van der Waals surface area contributed by atoms with E-state index in [0.29, 0.717) is 11.5 Å². The average molecular weight is 313 g/mol. The number of phenols is 3. The monoisotopic (exact) mass is 313 g/mol. The third-order valence-corrected chi connectivity index (χ3v) is 4.36. The summed E-state index contributed by atoms with van der Waals surface area (Å²) in [6, 6.07) is 9.79. The first-order chi connectivity index (χ1) is 11.1. The van der Waals surface area contributed by atoms with Gasteiger partial charge in [0.05, 0.1) is 12.1 Å². The van der Waals surface area contributed by atoms with E-state index in [-0.39, 0.29) is 35.3 Å². The maximum Gasteiger partial charge on any atom is 0.251 e. The Labute approximate surface area is 134 Å². The molecule has 1 saturated carbocycles. The van der Waals surface area contributed by atoms with E-state index in [0.717, 1.165) is 30.5 Å². The molecule has 4 N–H and O–H groups in total. The van der Waals surface area contributed by atoms with Gasteiger partial charge in [-0.05, 0) is 30.4 Å². The van der Waals surface area contributed by atoms with Crippen LogP contribution >= 0.6 is 0 Å². The zero-order chi connectivity index (χ0) is 16.4. The van der Waals surface area contributed by atoms with Crippen LogP contribution in [-0.4, -0.2) is 21.2 Å². The van der Waals surface area contributed by atoms with Crippen molar-refractivity contribution >= 4 is 5.91 Å². The van der Waals surface area contributed by atoms with Gasteiger partial charge in [-0.3, -0.25) is 4.79 Å². The van der Waals surface area contributed by atoms with E-state index in [1.807, 2.05) is 18.2 Å². The lowest BCUT2D eigenvalue weighted by Crippen LogP contribution is -2.25. The predicted octanol–water partition coefficient (Wildman–Crippen LogP) is 3.00. The number of nitrogens with one attached hydrogen (secondary N) is 1. The molecule has 23 heavy (non-hydrogen) atoms. The standard InChI is InChI=1S/C18H19NO4/c20-12-8-16(21)15(17(22)9-12)10-19-18(23)14-7-2-1-6-13(14)11-4-3-5-11/h1-2,6-9,11,20-22H,3-5,10H2,(H,19,23). The van der Waals surface area contributed by atoms with E-state index >= 15 is 0 Å². The number of hydrogen-bond donors (Lipinski definition) is 4. The second-order valence-electron chi connectivity index (χ2n) is 5.86. The van der Waals surface area contributed by atoms with Gasteiger partial charge in [0, 0.05) is 17.7 Å². The molecule has 0 heterocycles. The molecule has 0 radical (unpaired) electrons. The van der Waals surface area contributed by atoms with Crippen molar-refractivity contribution < 1.29 is 20.1 Å². The van der Waals surface area contributed by atoms with Crippen LogP contribution in [0.25, 0.3) is 0 Å². The van der Waals surface area contributed by atoms with Crippen LogP contribution in [0, 0.1) is 0 Å². The first-order valence-electron chi connectivity index (χ1n) is 7.67. The molecule has 2 aromatic rings. The normalized spacial score (nSPS) is 14.3. The first-order valence-corrected chi connectivity index (χ1v) is 7.67. The molecule has 1 amide bonds. The van der Waals surface area contributed by atoms with Crippen LogP contribution in [0.2, 0.25) is 0 Å². The van der Waals surface area contributed by atoms with Gasteiger partial charge in [-0.1, -0.05) is 24.6 Å². The molecule has 0 aliphatic heterocycles. The van der Waals surface area contributed by atoms with Crippen LogP contribution in [0.4, 0.5) is 0 Å². The highest BCUT2D eigenvalue weighted by atomic mass is 16.3. The maximum atomic E-state index is 12.4. The summed E-state index contributed by atoms with van der Waals surface area (Å²) in [5, 5.41) is 31.6. The Bertz CT molecular complexity index is 715. The number of amides is 1. The quantitative estimate of drug-likeness (QED) is 0.698. The number of phenolic OH excluding ortho intramolecular Hbond substituents is 3. The van der Waals surface area contributed by atoms with Crippen LogP contribution in [0.1, 0.15) is 46.7 Å². The smallest absolute Gasteiger partial charge is 0.251 e. The highest BCUT2D eigenvalue weighted by Gasteiger charge is 2.24. The molecule has 2 aromatic carbocycles. The summed E-state index contributed by atoms with van der Waals surface area (Å²) in [5.74, 6) is -0.539. The topological polar surface area (TPSA) is 89.8 Å². The molecular formula is C18H19NO4. The van der Waals surface area contributed by atoms with Crippen molar-refractivity contribution in [1.29, 1.82) is 0 Å². The van der Waals surface area contributed by atoms with Crippen molar-refractivity contribution in [1.82, 2.24) is 5.32 Å². The lowest BCUT2D eigenvalue weighted by molar-refractivity contribution is 0.0948. The molecule has 0 saturated heterocycles. The van der Waals surface area contributed by atoms with Crippen molar-refractivity contribution in [2.24, 2.45) is 0 Å². The van der Waals surface area contributed by atoms with Crippen molar-refractivity contribution in [3.8, 4) is 17.2 Å². The van der Waals surface area contributed by atoms with Gasteiger partial charge in [0.15, 0.2) is 0 Å². The molecule has 5 heteroatoms. The predicted molar refractivity (Wildman–Crippen MR) is 85.6 cm³/mol. The molecule has 3 rings (SSSR count). The van der Waals surface area contributed by atoms with Gasteiger partial charge in [0.2, 0.25) is 0 Å². The van der Waals surface area contributed by atoms with E-state index in [1.54, 1.807) is 6.07 Å². The van der Waals surface area contributed by atoms with Crippen LogP contribution in [0.5, 0.6) is 17.2 Å². The fourth-order valence-corrected chi connectivity index (χ4v) is 2.85. The van der Waals surface area contributed by atoms with E-state index in [1.165, 1.54) is 6.42 Å². The van der Waals surface area contributed by atoms with Gasteiger partial charge in [-0.15, -0.1) is 0 Å². The molecule has 1 aliphatic rings. The number of rotatable bonds is 4. The summed E-state index contributed by atoms with van der Waals surface area (Å²) in [6.07, 6.45) is 3.39. The third kappa shape index (κ3) is 3.08. The second-order valence-corrected chi connectivity index (χ2v) is 5.86. The van der Waals surface area contributed by atoms with E-state index in [9.17, 15) is 20.1 Å². The number of carbonyl (C=O) groups is 1. The lowest BCUT2D eigenvalue weighted by Gasteiger charge is -2.27. The van der Waals surface area contributed by atoms with Crippen LogP contribution in [-0.2, 0) is 6.54 Å². The number of carbonyl (C=O) groups excluding carboxylic acids is 1. The maximum absolute atomic E-state index is 12.4. The van der Waals surface area contributed by atoms with Gasteiger partial charge in [-0.25, -0.2) is 0 Å². The Kier molecular flexibility index (Phi) is 4.10. The Morgan fingerprint density at radius 2 is 1.74 bits per heavy atom. The van der Waals surface area contributed by atoms with Crippen LogP contribution < -0.4 is 5.32 Å². The first kappa shape index (κ1) is 15.2. The fraction of sp³-hybridized carbons (Fsp3) is 0.278. The van der Waals surface area contributed by atoms with Gasteiger partial charge < -0.3 is 20.6 Å². The van der Waals surface area contributed by atoms with Gasteiger partial charge in [0.25, 0.3) is 5.91 Å². The third-order valence-electron chi connectivity index (χ3n) is 4.36. The van der Waals surface area contributed by atoms with Crippen LogP contribution in [0.15, 0.2) is 36.4 Å². The van der Waals surface area contributed by atoms with Crippen molar-refractivity contribution in [3.63, 3.8) is 0 Å². The van der Waals surface area contributed by atoms with E-state index in [2.05, 4.69) is 5.32 Å². The molecular weight excluding hydrogens is 294 g/mol. The highest BCUT2D eigenvalue weighted by molar-refractivity contribution is 5.96. The zero-order valence-electron chi connectivity index (χ0n) is 12.6. The molecule has 120 valence electrons. The molecule has 1 aliphatic carbocycles. The highest BCUT2D eigenvalue weighted by Crippen LogP contribution is 2.38. The summed E-state index contributed by atoms with van der Waals surface area (Å²) in [5.41, 5.74) is 1.86. The molecule has 5 nitrogen and oxygen atoms in total. The SMILES string of the molecule is O=C(NCc1c(O)cc(O)cc1O)c1ccccc1C1CCC1. The average Bonchev–Trinajstić information content (AvgIpc) is 2.44. The minimum atomic E-state index is -0.255. The number of benzene rings is 2. The number of aromatic hydroxyl groups is 3. The Balaban J connectivity index is 1.76. The second kappa shape index (κ2) is 6.20. The summed E-state index contributed by atoms with van der Waals surface area (Å²) in [6.45, 7) is -0.0181. The summed E-state index contributed by atoms with van der Waals surface area (Å²) < 4.78 is 0. The van der Waals surface area contributed by atoms with Crippen molar-refractivity contribution in [2.45, 2.75) is 31.7 Å². The van der Waals surface area contributed by atoms with Gasteiger partial charge in [-0.2, -0.15) is 0 Å². The molecule has 0 aromatic heterocycles. The Morgan fingerprint density at radius 1 is 1.09 bits per heavy atom.